The Morgan fingerprint density at radius 2 is 1.75 bits per heavy atom. The van der Waals surface area contributed by atoms with Gasteiger partial charge in [0.1, 0.15) is 0 Å². The SMILES string of the molecule is COB1OCC2(CO1)COP(O[PH-])OC2.[Cs+]. The van der Waals surface area contributed by atoms with Gasteiger partial charge in [-0.15, -0.1) is 0 Å². The van der Waals surface area contributed by atoms with E-state index < -0.39 is 15.9 Å². The summed E-state index contributed by atoms with van der Waals surface area (Å²) in [4.78, 5) is 0. The van der Waals surface area contributed by atoms with Crippen molar-refractivity contribution < 1.29 is 96.2 Å². The van der Waals surface area contributed by atoms with Crippen molar-refractivity contribution in [1.29, 1.82) is 0 Å². The van der Waals surface area contributed by atoms with Crippen LogP contribution in [0.25, 0.3) is 0 Å². The van der Waals surface area contributed by atoms with Gasteiger partial charge in [0.2, 0.25) is 0 Å². The minimum Gasteiger partial charge on any atom is -0.499 e. The van der Waals surface area contributed by atoms with E-state index in [2.05, 4.69) is 9.47 Å². The van der Waals surface area contributed by atoms with Crippen LogP contribution in [0.2, 0.25) is 0 Å². The maximum absolute atomic E-state index is 5.36. The molecular formula is C6H12BCsO6P2. The first kappa shape index (κ1) is 16.8. The summed E-state index contributed by atoms with van der Waals surface area (Å²) in [6, 6.07) is 0. The van der Waals surface area contributed by atoms with E-state index in [9.17, 15) is 0 Å². The van der Waals surface area contributed by atoms with Crippen LogP contribution in [0.4, 0.5) is 0 Å². The van der Waals surface area contributed by atoms with Crippen molar-refractivity contribution in [1.82, 2.24) is 0 Å². The van der Waals surface area contributed by atoms with Crippen molar-refractivity contribution in [3.8, 4) is 0 Å². The number of hydrogen-bond acceptors (Lipinski definition) is 6. The fraction of sp³-hybridized carbons (Fsp3) is 1.00. The normalized spacial score (nSPS) is 25.5. The van der Waals surface area contributed by atoms with Crippen molar-refractivity contribution in [3.63, 3.8) is 0 Å². The summed E-state index contributed by atoms with van der Waals surface area (Å²) in [5.41, 5.74) is -0.237. The summed E-state index contributed by atoms with van der Waals surface area (Å²) in [6.45, 7) is 1.99. The maximum Gasteiger partial charge on any atom is 1.00 e. The van der Waals surface area contributed by atoms with Gasteiger partial charge in [0, 0.05) is 20.3 Å². The third-order valence-corrected chi connectivity index (χ3v) is 3.55. The average molecular weight is 386 g/mol. The third-order valence-electron chi connectivity index (χ3n) is 2.27. The Kier molecular flexibility index (Phi) is 8.52. The minimum atomic E-state index is -1.26. The first-order chi connectivity index (χ1) is 7.28. The summed E-state index contributed by atoms with van der Waals surface area (Å²) in [5, 5.41) is 0. The van der Waals surface area contributed by atoms with Crippen LogP contribution >= 0.6 is 18.1 Å². The van der Waals surface area contributed by atoms with Crippen LogP contribution < -0.4 is 68.9 Å². The second-order valence-electron chi connectivity index (χ2n) is 3.51. The molecule has 6 nitrogen and oxygen atoms in total. The molecule has 0 atom stereocenters. The Morgan fingerprint density at radius 1 is 1.19 bits per heavy atom. The molecule has 10 heteroatoms. The molecule has 86 valence electrons. The van der Waals surface area contributed by atoms with Gasteiger partial charge in [0.05, 0.1) is 18.6 Å². The van der Waals surface area contributed by atoms with E-state index in [-0.39, 0.29) is 74.3 Å². The summed E-state index contributed by atoms with van der Waals surface area (Å²) >= 11 is 0. The Hall–Kier alpha value is 2.74. The van der Waals surface area contributed by atoms with E-state index in [1.54, 1.807) is 0 Å². The van der Waals surface area contributed by atoms with E-state index in [0.717, 1.165) is 0 Å². The quantitative estimate of drug-likeness (QED) is 0.405. The van der Waals surface area contributed by atoms with Crippen LogP contribution in [0.5, 0.6) is 0 Å². The molecule has 0 aromatic rings. The second kappa shape index (κ2) is 8.12. The van der Waals surface area contributed by atoms with E-state index in [0.29, 0.717) is 26.4 Å². The predicted octanol–water partition coefficient (Wildman–Crippen LogP) is -2.00. The molecule has 0 N–H and O–H groups in total. The van der Waals surface area contributed by atoms with Crippen LogP contribution in [0.15, 0.2) is 0 Å². The molecule has 0 saturated carbocycles. The molecule has 0 aromatic heterocycles. The second-order valence-corrected chi connectivity index (χ2v) is 5.20. The van der Waals surface area contributed by atoms with E-state index >= 15 is 0 Å². The largest absolute Gasteiger partial charge is 1.00 e. The average Bonchev–Trinajstić information content (AvgIpc) is 2.31. The topological polar surface area (TPSA) is 55.4 Å². The molecule has 0 bridgehead atoms. The predicted molar refractivity (Wildman–Crippen MR) is 55.3 cm³/mol. The molecule has 2 aliphatic heterocycles. The van der Waals surface area contributed by atoms with Crippen LogP contribution in [0, 0.1) is 5.41 Å². The molecule has 2 heterocycles. The van der Waals surface area contributed by atoms with Crippen LogP contribution in [-0.2, 0) is 27.3 Å². The van der Waals surface area contributed by atoms with Crippen LogP contribution in [0.3, 0.4) is 0 Å². The molecule has 0 aliphatic carbocycles. The maximum atomic E-state index is 5.36. The first-order valence-electron chi connectivity index (χ1n) is 4.44. The zero-order valence-corrected chi connectivity index (χ0v) is 17.5. The van der Waals surface area contributed by atoms with Gasteiger partial charge < -0.3 is 36.8 Å². The fourth-order valence-electron chi connectivity index (χ4n) is 1.39. The first-order valence-corrected chi connectivity index (χ1v) is 5.94. The Labute approximate surface area is 158 Å². The fourth-order valence-corrected chi connectivity index (χ4v) is 2.65. The number of hydrogen-bond donors (Lipinski definition) is 0. The molecule has 1 spiro atoms. The zero-order chi connectivity index (χ0) is 10.7. The van der Waals surface area contributed by atoms with Gasteiger partial charge in [-0.05, 0) is 0 Å². The molecule has 2 rings (SSSR count). The summed E-state index contributed by atoms with van der Waals surface area (Å²) < 4.78 is 31.1. The van der Waals surface area contributed by atoms with Gasteiger partial charge in [0.25, 0.3) is 8.60 Å². The molecular weight excluding hydrogens is 374 g/mol. The molecule has 0 unspecified atom stereocenters. The van der Waals surface area contributed by atoms with Crippen molar-refractivity contribution in [2.75, 3.05) is 33.5 Å². The molecule has 0 radical (unpaired) electrons. The Bertz CT molecular complexity index is 184. The number of rotatable bonds is 2. The molecule has 0 aromatic carbocycles. The summed E-state index contributed by atoms with van der Waals surface area (Å²) in [5.74, 6) is 0. The van der Waals surface area contributed by atoms with Crippen LogP contribution in [-0.4, -0.2) is 40.9 Å². The van der Waals surface area contributed by atoms with Gasteiger partial charge in [-0.2, -0.15) is 0 Å². The van der Waals surface area contributed by atoms with Gasteiger partial charge in [0.15, 0.2) is 0 Å². The van der Waals surface area contributed by atoms with Crippen LogP contribution in [0.1, 0.15) is 0 Å². The van der Waals surface area contributed by atoms with Gasteiger partial charge in [-0.3, -0.25) is 0 Å². The monoisotopic (exact) mass is 386 g/mol. The standard InChI is InChI=1S/C6H12BO6P2.Cs/c1-8-7-9-2-6(3-10-7)4-11-15(13-14)12-5-6;/h14H,2-5H2,1H3;/q-1;+1. The summed E-state index contributed by atoms with van der Waals surface area (Å²) in [6.07, 6.45) is 0. The van der Waals surface area contributed by atoms with Crippen molar-refractivity contribution in [2.45, 2.75) is 0 Å². The Morgan fingerprint density at radius 3 is 2.19 bits per heavy atom. The molecule has 2 fully saturated rings. The third kappa shape index (κ3) is 4.39. The van der Waals surface area contributed by atoms with Gasteiger partial charge in [-0.1, -0.05) is 0 Å². The van der Waals surface area contributed by atoms with E-state index in [4.69, 9.17) is 27.3 Å². The molecule has 16 heavy (non-hydrogen) atoms. The molecule has 2 aliphatic rings. The van der Waals surface area contributed by atoms with Crippen molar-refractivity contribution in [2.24, 2.45) is 5.41 Å². The van der Waals surface area contributed by atoms with E-state index in [1.165, 1.54) is 7.11 Å². The van der Waals surface area contributed by atoms with Gasteiger partial charge >= 0.3 is 76.2 Å². The Balaban J connectivity index is 0.00000128. The smallest absolute Gasteiger partial charge is 0.499 e. The summed E-state index contributed by atoms with van der Waals surface area (Å²) in [7, 11) is 2.58. The minimum absolute atomic E-state index is 0. The van der Waals surface area contributed by atoms with Crippen molar-refractivity contribution in [3.05, 3.63) is 0 Å². The molecule has 2 saturated heterocycles. The van der Waals surface area contributed by atoms with Crippen molar-refractivity contribution >= 4 is 25.4 Å². The van der Waals surface area contributed by atoms with Gasteiger partial charge in [-0.25, -0.2) is 0 Å². The van der Waals surface area contributed by atoms with E-state index in [1.807, 2.05) is 0 Å². The molecule has 0 amide bonds. The zero-order valence-electron chi connectivity index (χ0n) is 9.30.